The molecule has 3 rings (SSSR count). The Balaban J connectivity index is 1.58. The summed E-state index contributed by atoms with van der Waals surface area (Å²) < 4.78 is 12.6. The molecule has 0 fully saturated rings. The minimum Gasteiger partial charge on any atom is -0.494 e. The lowest BCUT2D eigenvalue weighted by Crippen LogP contribution is -2.17. The van der Waals surface area contributed by atoms with E-state index in [1.54, 1.807) is 30.5 Å². The largest absolute Gasteiger partial charge is 0.494 e. The topological polar surface area (TPSA) is 59.9 Å². The van der Waals surface area contributed by atoms with Gasteiger partial charge >= 0.3 is 0 Å². The van der Waals surface area contributed by atoms with Crippen molar-refractivity contribution in [2.24, 2.45) is 5.10 Å². The monoisotopic (exact) mass is 514 g/mol. The molecule has 0 unspecified atom stereocenters. The molecule has 0 saturated heterocycles. The van der Waals surface area contributed by atoms with Crippen molar-refractivity contribution in [1.82, 2.24) is 5.43 Å². The van der Waals surface area contributed by atoms with Crippen molar-refractivity contribution in [3.8, 4) is 11.5 Å². The average Bonchev–Trinajstić information content (AvgIpc) is 2.78. The summed E-state index contributed by atoms with van der Waals surface area (Å²) in [4.78, 5) is 12.3. The molecule has 154 valence electrons. The maximum atomic E-state index is 12.3. The lowest BCUT2D eigenvalue weighted by atomic mass is 10.2. The van der Waals surface area contributed by atoms with Crippen LogP contribution in [0.25, 0.3) is 0 Å². The van der Waals surface area contributed by atoms with Gasteiger partial charge in [-0.25, -0.2) is 5.43 Å². The smallest absolute Gasteiger partial charge is 0.271 e. The van der Waals surface area contributed by atoms with E-state index in [1.807, 2.05) is 55.5 Å². The number of benzene rings is 3. The summed E-state index contributed by atoms with van der Waals surface area (Å²) >= 11 is 2.27. The minimum absolute atomic E-state index is 0.287. The summed E-state index contributed by atoms with van der Waals surface area (Å²) in [5.74, 6) is 1.16. The Kier molecular flexibility index (Phi) is 8.26. The van der Waals surface area contributed by atoms with Crippen molar-refractivity contribution in [2.45, 2.75) is 20.0 Å². The van der Waals surface area contributed by atoms with Gasteiger partial charge in [0.05, 0.1) is 12.8 Å². The first kappa shape index (κ1) is 21.8. The molecule has 1 N–H and O–H groups in total. The zero-order valence-electron chi connectivity index (χ0n) is 16.7. The van der Waals surface area contributed by atoms with Crippen LogP contribution in [-0.4, -0.2) is 18.7 Å². The van der Waals surface area contributed by atoms with Gasteiger partial charge in [0, 0.05) is 14.7 Å². The third-order valence-corrected chi connectivity index (χ3v) is 4.90. The molecule has 0 aliphatic carbocycles. The summed E-state index contributed by atoms with van der Waals surface area (Å²) in [6.45, 7) is 3.16. The van der Waals surface area contributed by atoms with Gasteiger partial charge < -0.3 is 9.47 Å². The van der Waals surface area contributed by atoms with E-state index >= 15 is 0 Å². The molecule has 0 atom stereocenters. The fraction of sp³-hybridized carbons (Fsp3) is 0.167. The van der Waals surface area contributed by atoms with E-state index in [0.29, 0.717) is 24.5 Å². The number of para-hydroxylation sites is 1. The quantitative estimate of drug-likeness (QED) is 0.236. The number of amides is 1. The molecule has 0 radical (unpaired) electrons. The third kappa shape index (κ3) is 6.59. The van der Waals surface area contributed by atoms with Crippen LogP contribution in [0.1, 0.15) is 34.8 Å². The minimum atomic E-state index is -0.287. The van der Waals surface area contributed by atoms with Crippen LogP contribution in [0.15, 0.2) is 77.9 Å². The van der Waals surface area contributed by atoms with Crippen molar-refractivity contribution in [1.29, 1.82) is 0 Å². The molecule has 0 aromatic heterocycles. The number of carbonyl (C=O) groups excluding carboxylic acids is 1. The molecular weight excluding hydrogens is 491 g/mol. The summed E-state index contributed by atoms with van der Waals surface area (Å²) in [7, 11) is 0. The molecule has 30 heavy (non-hydrogen) atoms. The zero-order valence-corrected chi connectivity index (χ0v) is 18.8. The van der Waals surface area contributed by atoms with Gasteiger partial charge in [-0.15, -0.1) is 0 Å². The van der Waals surface area contributed by atoms with Gasteiger partial charge in [-0.1, -0.05) is 31.2 Å². The number of nitrogens with one attached hydrogen (secondary N) is 1. The molecule has 0 heterocycles. The Morgan fingerprint density at radius 3 is 2.47 bits per heavy atom. The van der Waals surface area contributed by atoms with E-state index < -0.39 is 0 Å². The Labute approximate surface area is 190 Å². The fourth-order valence-corrected chi connectivity index (χ4v) is 2.97. The standard InChI is InChI=1S/C24H23IN2O3/c1-2-15-29-22-13-9-19(10-14-22)24(28)27-26-16-20-5-3-4-6-23(20)30-17-18-7-11-21(25)12-8-18/h3-14,16H,2,15,17H2,1H3,(H,27,28)/b26-16-. The SMILES string of the molecule is CCCOc1ccc(C(=O)N/N=C\c2ccccc2OCc2ccc(I)cc2)cc1. The molecule has 3 aromatic rings. The highest BCUT2D eigenvalue weighted by Gasteiger charge is 2.05. The number of hydrazone groups is 1. The predicted octanol–water partition coefficient (Wildman–Crippen LogP) is 5.42. The van der Waals surface area contributed by atoms with Crippen LogP contribution < -0.4 is 14.9 Å². The molecule has 0 saturated carbocycles. The molecule has 0 spiro atoms. The van der Waals surface area contributed by atoms with Crippen molar-refractivity contribution in [2.75, 3.05) is 6.61 Å². The Morgan fingerprint density at radius 1 is 1.00 bits per heavy atom. The first-order valence-corrected chi connectivity index (χ1v) is 10.8. The highest BCUT2D eigenvalue weighted by Crippen LogP contribution is 2.18. The van der Waals surface area contributed by atoms with Crippen LogP contribution in [0.3, 0.4) is 0 Å². The van der Waals surface area contributed by atoms with E-state index in [2.05, 4.69) is 33.1 Å². The summed E-state index contributed by atoms with van der Waals surface area (Å²) in [5.41, 5.74) is 4.93. The maximum Gasteiger partial charge on any atom is 0.271 e. The number of halogens is 1. The Morgan fingerprint density at radius 2 is 1.73 bits per heavy atom. The van der Waals surface area contributed by atoms with Crippen LogP contribution in [0.5, 0.6) is 11.5 Å². The number of ether oxygens (including phenoxy) is 2. The zero-order chi connectivity index (χ0) is 21.2. The van der Waals surface area contributed by atoms with E-state index in [1.165, 1.54) is 3.57 Å². The van der Waals surface area contributed by atoms with E-state index in [-0.39, 0.29) is 5.91 Å². The third-order valence-electron chi connectivity index (χ3n) is 4.19. The predicted molar refractivity (Wildman–Crippen MR) is 127 cm³/mol. The number of hydrogen-bond donors (Lipinski definition) is 1. The van der Waals surface area contributed by atoms with Crippen LogP contribution in [0, 0.1) is 3.57 Å². The summed E-state index contributed by atoms with van der Waals surface area (Å²) in [6, 6.07) is 22.7. The molecule has 0 aliphatic rings. The number of nitrogens with zero attached hydrogens (tertiary/aromatic N) is 1. The van der Waals surface area contributed by atoms with Gasteiger partial charge in [-0.05, 0) is 83.1 Å². The molecule has 0 aliphatic heterocycles. The number of rotatable bonds is 9. The molecule has 6 heteroatoms. The normalized spacial score (nSPS) is 10.7. The van der Waals surface area contributed by atoms with Gasteiger partial charge in [-0.2, -0.15) is 5.10 Å². The lowest BCUT2D eigenvalue weighted by Gasteiger charge is -2.09. The second-order valence-electron chi connectivity index (χ2n) is 6.52. The van der Waals surface area contributed by atoms with E-state index in [4.69, 9.17) is 9.47 Å². The number of carbonyl (C=O) groups is 1. The first-order valence-electron chi connectivity index (χ1n) is 9.68. The highest BCUT2D eigenvalue weighted by atomic mass is 127. The lowest BCUT2D eigenvalue weighted by molar-refractivity contribution is 0.0955. The maximum absolute atomic E-state index is 12.3. The molecule has 1 amide bonds. The van der Waals surface area contributed by atoms with Crippen molar-refractivity contribution in [3.63, 3.8) is 0 Å². The second kappa shape index (κ2) is 11.3. The van der Waals surface area contributed by atoms with Crippen molar-refractivity contribution < 1.29 is 14.3 Å². The van der Waals surface area contributed by atoms with Gasteiger partial charge in [-0.3, -0.25) is 4.79 Å². The van der Waals surface area contributed by atoms with Crippen LogP contribution >= 0.6 is 22.6 Å². The fourth-order valence-electron chi connectivity index (χ4n) is 2.61. The second-order valence-corrected chi connectivity index (χ2v) is 7.77. The molecule has 5 nitrogen and oxygen atoms in total. The molecular formula is C24H23IN2O3. The highest BCUT2D eigenvalue weighted by molar-refractivity contribution is 14.1. The molecule has 3 aromatic carbocycles. The Bertz CT molecular complexity index is 986. The average molecular weight is 514 g/mol. The summed E-state index contributed by atoms with van der Waals surface area (Å²) in [5, 5.41) is 4.08. The van der Waals surface area contributed by atoms with Gasteiger partial charge in [0.25, 0.3) is 5.91 Å². The van der Waals surface area contributed by atoms with Gasteiger partial charge in [0.15, 0.2) is 0 Å². The first-order chi connectivity index (χ1) is 14.7. The van der Waals surface area contributed by atoms with E-state index in [9.17, 15) is 4.79 Å². The van der Waals surface area contributed by atoms with Gasteiger partial charge in [0.1, 0.15) is 18.1 Å². The Hall–Kier alpha value is -2.87. The van der Waals surface area contributed by atoms with Gasteiger partial charge in [0.2, 0.25) is 0 Å². The van der Waals surface area contributed by atoms with Crippen LogP contribution in [-0.2, 0) is 6.61 Å². The summed E-state index contributed by atoms with van der Waals surface area (Å²) in [6.07, 6.45) is 2.52. The number of hydrogen-bond acceptors (Lipinski definition) is 4. The van der Waals surface area contributed by atoms with Crippen LogP contribution in [0.4, 0.5) is 0 Å². The van der Waals surface area contributed by atoms with Crippen LogP contribution in [0.2, 0.25) is 0 Å². The van der Waals surface area contributed by atoms with Crippen molar-refractivity contribution >= 4 is 34.7 Å². The van der Waals surface area contributed by atoms with Crippen molar-refractivity contribution in [3.05, 3.63) is 93.1 Å². The van der Waals surface area contributed by atoms with E-state index in [0.717, 1.165) is 23.3 Å². The molecule has 0 bridgehead atoms.